The molecule has 1 aromatic rings. The van der Waals surface area contributed by atoms with Crippen LogP contribution in [-0.2, 0) is 20.9 Å². The molecule has 3 unspecified atom stereocenters. The highest BCUT2D eigenvalue weighted by molar-refractivity contribution is 7.96. The third-order valence-corrected chi connectivity index (χ3v) is 7.17. The summed E-state index contributed by atoms with van der Waals surface area (Å²) in [7, 11) is 0.421. The van der Waals surface area contributed by atoms with E-state index in [1.807, 2.05) is 32.2 Å². The molecule has 0 aliphatic carbocycles. The number of hydrogen-bond donors (Lipinski definition) is 1. The smallest absolute Gasteiger partial charge is 0.163 e. The molecule has 0 fully saturated rings. The first-order valence-corrected chi connectivity index (χ1v) is 11.4. The molecular formula is C17H26NO4S2+. The van der Waals surface area contributed by atoms with Crippen molar-refractivity contribution < 1.29 is 17.9 Å². The Hall–Kier alpha value is -1.18. The Morgan fingerprint density at radius 1 is 1.38 bits per heavy atom. The summed E-state index contributed by atoms with van der Waals surface area (Å²) in [5.41, 5.74) is 0.967. The second kappa shape index (κ2) is 8.27. The van der Waals surface area contributed by atoms with Gasteiger partial charge in [-0.15, -0.1) is 4.72 Å². The van der Waals surface area contributed by atoms with Gasteiger partial charge < -0.3 is 9.47 Å². The molecule has 0 amide bonds. The van der Waals surface area contributed by atoms with Gasteiger partial charge in [-0.05, 0) is 36.8 Å². The summed E-state index contributed by atoms with van der Waals surface area (Å²) >= 11 is -0.0524. The molecule has 24 heavy (non-hydrogen) atoms. The van der Waals surface area contributed by atoms with Crippen LogP contribution in [0.2, 0.25) is 0 Å². The van der Waals surface area contributed by atoms with Crippen molar-refractivity contribution in [2.75, 3.05) is 38.5 Å². The van der Waals surface area contributed by atoms with E-state index in [9.17, 15) is 8.42 Å². The number of hydrogen-bond acceptors (Lipinski definition) is 5. The zero-order valence-corrected chi connectivity index (χ0v) is 16.2. The molecule has 2 rings (SSSR count). The third-order valence-electron chi connectivity index (χ3n) is 3.99. The highest BCUT2D eigenvalue weighted by Crippen LogP contribution is 2.36. The van der Waals surface area contributed by atoms with Gasteiger partial charge in [-0.2, -0.15) is 0 Å². The molecule has 1 aromatic carbocycles. The van der Waals surface area contributed by atoms with Crippen molar-refractivity contribution in [1.29, 1.82) is 0 Å². The zero-order valence-electron chi connectivity index (χ0n) is 14.6. The van der Waals surface area contributed by atoms with Crippen molar-refractivity contribution in [3.63, 3.8) is 0 Å². The van der Waals surface area contributed by atoms with Crippen LogP contribution in [0.15, 0.2) is 30.4 Å². The molecule has 0 radical (unpaired) electrons. The van der Waals surface area contributed by atoms with Gasteiger partial charge in [0.1, 0.15) is 15.6 Å². The molecule has 7 heteroatoms. The Kier molecular flexibility index (Phi) is 6.60. The van der Waals surface area contributed by atoms with E-state index in [1.165, 1.54) is 6.26 Å². The summed E-state index contributed by atoms with van der Waals surface area (Å²) in [6.07, 6.45) is 5.57. The van der Waals surface area contributed by atoms with Gasteiger partial charge in [0.25, 0.3) is 0 Å². The van der Waals surface area contributed by atoms with Crippen molar-refractivity contribution in [2.24, 2.45) is 0 Å². The molecule has 0 bridgehead atoms. The van der Waals surface area contributed by atoms with Gasteiger partial charge in [-0.1, -0.05) is 6.07 Å². The normalized spacial score (nSPS) is 21.7. The van der Waals surface area contributed by atoms with E-state index in [4.69, 9.17) is 9.47 Å². The Labute approximate surface area is 147 Å². The minimum Gasteiger partial charge on any atom is -0.493 e. The average molecular weight is 373 g/mol. The van der Waals surface area contributed by atoms with Crippen molar-refractivity contribution >= 4 is 20.9 Å². The van der Waals surface area contributed by atoms with Crippen molar-refractivity contribution in [2.45, 2.75) is 18.1 Å². The highest BCUT2D eigenvalue weighted by atomic mass is 32.2. The molecule has 1 N–H and O–H groups in total. The Morgan fingerprint density at radius 3 is 2.71 bits per heavy atom. The third kappa shape index (κ3) is 4.68. The van der Waals surface area contributed by atoms with Gasteiger partial charge in [0.2, 0.25) is 0 Å². The van der Waals surface area contributed by atoms with Crippen LogP contribution in [0.25, 0.3) is 0 Å². The maximum atomic E-state index is 12.0. The van der Waals surface area contributed by atoms with E-state index < -0.39 is 9.84 Å². The average Bonchev–Trinajstić information content (AvgIpc) is 3.00. The van der Waals surface area contributed by atoms with Crippen LogP contribution in [0.5, 0.6) is 11.5 Å². The standard InChI is InChI=1S/C17H26NO4S2/c1-5-22-16-11-13(8-9-15(16)21-3)14(12-24(4,19)20)17-7-6-10-23(17)18-2/h6-9,11,14,17-18H,5,10,12H2,1-4H3/q+1. The summed E-state index contributed by atoms with van der Waals surface area (Å²) in [5.74, 6) is 2.26. The molecule has 3 atom stereocenters. The largest absolute Gasteiger partial charge is 0.493 e. The van der Waals surface area contributed by atoms with E-state index >= 15 is 0 Å². The monoisotopic (exact) mass is 372 g/mol. The predicted molar refractivity (Wildman–Crippen MR) is 101 cm³/mol. The first-order chi connectivity index (χ1) is 11.4. The minimum atomic E-state index is -3.11. The van der Waals surface area contributed by atoms with E-state index in [1.54, 1.807) is 7.11 Å². The number of sulfone groups is 1. The molecule has 1 aliphatic heterocycles. The summed E-state index contributed by atoms with van der Waals surface area (Å²) in [6.45, 7) is 2.44. The second-order valence-electron chi connectivity index (χ2n) is 5.73. The highest BCUT2D eigenvalue weighted by Gasteiger charge is 2.40. The van der Waals surface area contributed by atoms with Crippen molar-refractivity contribution in [3.8, 4) is 11.5 Å². The lowest BCUT2D eigenvalue weighted by Crippen LogP contribution is -2.36. The summed E-state index contributed by atoms with van der Waals surface area (Å²) in [5, 5.41) is 0.160. The topological polar surface area (TPSA) is 64.6 Å². The van der Waals surface area contributed by atoms with E-state index in [2.05, 4.69) is 16.9 Å². The Balaban J connectivity index is 2.43. The van der Waals surface area contributed by atoms with Crippen LogP contribution in [0.3, 0.4) is 0 Å². The molecular weight excluding hydrogens is 346 g/mol. The van der Waals surface area contributed by atoms with Crippen LogP contribution >= 0.6 is 0 Å². The Bertz CT molecular complexity index is 688. The lowest BCUT2D eigenvalue weighted by atomic mass is 9.96. The molecule has 134 valence electrons. The fraction of sp³-hybridized carbons (Fsp3) is 0.529. The number of benzene rings is 1. The number of nitrogens with one attached hydrogen (secondary N) is 1. The lowest BCUT2D eigenvalue weighted by molar-refractivity contribution is 0.310. The van der Waals surface area contributed by atoms with E-state index in [0.29, 0.717) is 18.1 Å². The van der Waals surface area contributed by atoms with E-state index in [-0.39, 0.29) is 28.0 Å². The van der Waals surface area contributed by atoms with Gasteiger partial charge in [-0.3, -0.25) is 0 Å². The molecule has 0 saturated carbocycles. The molecule has 1 heterocycles. The lowest BCUT2D eigenvalue weighted by Gasteiger charge is -2.22. The Morgan fingerprint density at radius 2 is 2.12 bits per heavy atom. The molecule has 5 nitrogen and oxygen atoms in total. The first kappa shape index (κ1) is 19.1. The van der Waals surface area contributed by atoms with Gasteiger partial charge in [0, 0.05) is 13.3 Å². The fourth-order valence-electron chi connectivity index (χ4n) is 2.95. The van der Waals surface area contributed by atoms with Gasteiger partial charge in [-0.25, -0.2) is 8.42 Å². The maximum absolute atomic E-state index is 12.0. The van der Waals surface area contributed by atoms with Gasteiger partial charge >= 0.3 is 0 Å². The van der Waals surface area contributed by atoms with Gasteiger partial charge in [0.15, 0.2) is 16.7 Å². The molecule has 0 aromatic heterocycles. The maximum Gasteiger partial charge on any atom is 0.163 e. The number of ether oxygens (including phenoxy) is 2. The van der Waals surface area contributed by atoms with Crippen LogP contribution in [0.4, 0.5) is 0 Å². The quantitative estimate of drug-likeness (QED) is 0.558. The SMILES string of the molecule is CCOc1cc(C(CS(C)(=O)=O)C2C=CC[S+]2NC)ccc1OC. The van der Waals surface area contributed by atoms with Crippen LogP contribution in [-0.4, -0.2) is 52.2 Å². The first-order valence-electron chi connectivity index (χ1n) is 7.91. The fourth-order valence-corrected chi connectivity index (χ4v) is 6.05. The molecule has 1 aliphatic rings. The minimum absolute atomic E-state index is 0.0524. The summed E-state index contributed by atoms with van der Waals surface area (Å²) < 4.78 is 38.3. The predicted octanol–water partition coefficient (Wildman–Crippen LogP) is 1.91. The number of rotatable bonds is 8. The van der Waals surface area contributed by atoms with Crippen LogP contribution in [0.1, 0.15) is 18.4 Å². The van der Waals surface area contributed by atoms with E-state index in [0.717, 1.165) is 11.3 Å². The zero-order chi connectivity index (χ0) is 17.7. The second-order valence-corrected chi connectivity index (χ2v) is 10.1. The molecule has 0 spiro atoms. The van der Waals surface area contributed by atoms with Crippen LogP contribution < -0.4 is 14.2 Å². The van der Waals surface area contributed by atoms with Crippen LogP contribution in [0, 0.1) is 0 Å². The number of methoxy groups -OCH3 is 1. The summed E-state index contributed by atoms with van der Waals surface area (Å²) in [4.78, 5) is 0. The van der Waals surface area contributed by atoms with Gasteiger partial charge in [0.05, 0.1) is 36.5 Å². The molecule has 0 saturated heterocycles. The van der Waals surface area contributed by atoms with Crippen molar-refractivity contribution in [3.05, 3.63) is 35.9 Å². The van der Waals surface area contributed by atoms with Crippen molar-refractivity contribution in [1.82, 2.24) is 4.72 Å². The summed E-state index contributed by atoms with van der Waals surface area (Å²) in [6, 6.07) is 5.72.